The van der Waals surface area contributed by atoms with Crippen LogP contribution in [0.5, 0.6) is 0 Å². The van der Waals surface area contributed by atoms with Gasteiger partial charge in [0.25, 0.3) is 0 Å². The van der Waals surface area contributed by atoms with Crippen LogP contribution in [0.2, 0.25) is 0 Å². The Morgan fingerprint density at radius 2 is 2.06 bits per heavy atom. The molecule has 0 aliphatic carbocycles. The predicted molar refractivity (Wildman–Crippen MR) is 75.8 cm³/mol. The average Bonchev–Trinajstić information content (AvgIpc) is 2.41. The molecule has 0 bridgehead atoms. The van der Waals surface area contributed by atoms with Crippen molar-refractivity contribution in [3.05, 3.63) is 35.9 Å². The molecule has 1 saturated heterocycles. The lowest BCUT2D eigenvalue weighted by atomic mass is 9.85. The van der Waals surface area contributed by atoms with Gasteiger partial charge in [-0.25, -0.2) is 0 Å². The lowest BCUT2D eigenvalue weighted by Crippen LogP contribution is -2.51. The van der Waals surface area contributed by atoms with E-state index in [0.717, 1.165) is 19.4 Å². The molecule has 2 atom stereocenters. The fourth-order valence-corrected chi connectivity index (χ4v) is 2.94. The third-order valence-electron chi connectivity index (χ3n) is 4.15. The molecule has 1 aromatic carbocycles. The Balaban J connectivity index is 1.92. The Labute approximate surface area is 111 Å². The zero-order valence-electron chi connectivity index (χ0n) is 11.6. The van der Waals surface area contributed by atoms with Crippen molar-refractivity contribution in [2.45, 2.75) is 50.7 Å². The molecule has 1 aliphatic rings. The molecule has 2 rings (SSSR count). The van der Waals surface area contributed by atoms with Gasteiger partial charge in [-0.05, 0) is 51.6 Å². The number of aryl methyl sites for hydroxylation is 1. The van der Waals surface area contributed by atoms with E-state index >= 15 is 0 Å². The Kier molecular flexibility index (Phi) is 4.79. The first-order valence-corrected chi connectivity index (χ1v) is 7.10. The van der Waals surface area contributed by atoms with Crippen LogP contribution in [0, 0.1) is 0 Å². The van der Waals surface area contributed by atoms with Crippen molar-refractivity contribution in [1.29, 1.82) is 0 Å². The van der Waals surface area contributed by atoms with Gasteiger partial charge in [0, 0.05) is 12.6 Å². The maximum atomic E-state index is 6.04. The standard InChI is InChI=1S/C16H25NO/c1-16(12-6-7-13-18-16)15(17-2)11-10-14-8-4-3-5-9-14/h3-5,8-9,15,17H,6-7,10-13H2,1-2H3. The van der Waals surface area contributed by atoms with E-state index in [1.54, 1.807) is 0 Å². The fourth-order valence-electron chi connectivity index (χ4n) is 2.94. The van der Waals surface area contributed by atoms with Gasteiger partial charge in [-0.3, -0.25) is 0 Å². The van der Waals surface area contributed by atoms with Gasteiger partial charge in [0.2, 0.25) is 0 Å². The molecule has 1 aromatic rings. The van der Waals surface area contributed by atoms with Gasteiger partial charge in [-0.15, -0.1) is 0 Å². The van der Waals surface area contributed by atoms with E-state index < -0.39 is 0 Å². The molecule has 18 heavy (non-hydrogen) atoms. The van der Waals surface area contributed by atoms with E-state index in [0.29, 0.717) is 6.04 Å². The number of hydrogen-bond donors (Lipinski definition) is 1. The van der Waals surface area contributed by atoms with Crippen molar-refractivity contribution in [3.63, 3.8) is 0 Å². The summed E-state index contributed by atoms with van der Waals surface area (Å²) in [6.07, 6.45) is 5.93. The first-order chi connectivity index (χ1) is 8.74. The van der Waals surface area contributed by atoms with Crippen LogP contribution in [0.1, 0.15) is 38.2 Å². The maximum absolute atomic E-state index is 6.04. The largest absolute Gasteiger partial charge is 0.374 e. The van der Waals surface area contributed by atoms with E-state index in [1.165, 1.54) is 24.8 Å². The maximum Gasteiger partial charge on any atom is 0.0806 e. The Morgan fingerprint density at radius 1 is 1.28 bits per heavy atom. The first kappa shape index (κ1) is 13.6. The predicted octanol–water partition coefficient (Wildman–Crippen LogP) is 3.17. The van der Waals surface area contributed by atoms with Crippen LogP contribution < -0.4 is 5.32 Å². The van der Waals surface area contributed by atoms with Gasteiger partial charge in [0.15, 0.2) is 0 Å². The number of likely N-dealkylation sites (N-methyl/N-ethyl adjacent to an activating group) is 1. The molecule has 1 N–H and O–H groups in total. The summed E-state index contributed by atoms with van der Waals surface area (Å²) in [6.45, 7) is 3.18. The normalized spacial score (nSPS) is 25.9. The third-order valence-corrected chi connectivity index (χ3v) is 4.15. The highest BCUT2D eigenvalue weighted by Crippen LogP contribution is 2.29. The van der Waals surface area contributed by atoms with Crippen LogP contribution in [0.25, 0.3) is 0 Å². The summed E-state index contributed by atoms with van der Waals surface area (Å²) < 4.78 is 6.04. The highest BCUT2D eigenvalue weighted by Gasteiger charge is 2.35. The van der Waals surface area contributed by atoms with E-state index in [1.807, 2.05) is 0 Å². The molecule has 0 aromatic heterocycles. The topological polar surface area (TPSA) is 21.3 Å². The zero-order valence-corrected chi connectivity index (χ0v) is 11.6. The van der Waals surface area contributed by atoms with Crippen LogP contribution >= 0.6 is 0 Å². The highest BCUT2D eigenvalue weighted by molar-refractivity contribution is 5.15. The molecule has 1 heterocycles. The van der Waals surface area contributed by atoms with Gasteiger partial charge < -0.3 is 10.1 Å². The van der Waals surface area contributed by atoms with Crippen LogP contribution in [0.15, 0.2) is 30.3 Å². The van der Waals surface area contributed by atoms with E-state index in [4.69, 9.17) is 4.74 Å². The SMILES string of the molecule is CNC(CCc1ccccc1)C1(C)CCCCO1. The molecule has 0 radical (unpaired) electrons. The fraction of sp³-hybridized carbons (Fsp3) is 0.625. The second-order valence-electron chi connectivity index (χ2n) is 5.48. The van der Waals surface area contributed by atoms with Gasteiger partial charge in [0.1, 0.15) is 0 Å². The summed E-state index contributed by atoms with van der Waals surface area (Å²) in [6, 6.07) is 11.2. The summed E-state index contributed by atoms with van der Waals surface area (Å²) >= 11 is 0. The van der Waals surface area contributed by atoms with E-state index in [9.17, 15) is 0 Å². The minimum absolute atomic E-state index is 0.0157. The second kappa shape index (κ2) is 6.35. The molecular formula is C16H25NO. The number of rotatable bonds is 5. The molecule has 2 unspecified atom stereocenters. The third kappa shape index (κ3) is 3.33. The molecular weight excluding hydrogens is 222 g/mol. The minimum Gasteiger partial charge on any atom is -0.374 e. The van der Waals surface area contributed by atoms with Crippen molar-refractivity contribution in [1.82, 2.24) is 5.32 Å². The lowest BCUT2D eigenvalue weighted by Gasteiger charge is -2.40. The summed E-state index contributed by atoms with van der Waals surface area (Å²) in [5, 5.41) is 3.46. The van der Waals surface area contributed by atoms with E-state index in [2.05, 4.69) is 49.6 Å². The van der Waals surface area contributed by atoms with Gasteiger partial charge in [0.05, 0.1) is 5.60 Å². The van der Waals surface area contributed by atoms with Crippen molar-refractivity contribution < 1.29 is 4.74 Å². The minimum atomic E-state index is 0.0157. The van der Waals surface area contributed by atoms with Crippen LogP contribution in [0.4, 0.5) is 0 Å². The summed E-state index contributed by atoms with van der Waals surface area (Å²) in [5.74, 6) is 0. The van der Waals surface area contributed by atoms with Crippen LogP contribution in [-0.4, -0.2) is 25.3 Å². The summed E-state index contributed by atoms with van der Waals surface area (Å²) in [4.78, 5) is 0. The molecule has 100 valence electrons. The van der Waals surface area contributed by atoms with Crippen LogP contribution in [-0.2, 0) is 11.2 Å². The smallest absolute Gasteiger partial charge is 0.0806 e. The van der Waals surface area contributed by atoms with Crippen molar-refractivity contribution in [2.24, 2.45) is 0 Å². The molecule has 0 saturated carbocycles. The zero-order chi connectivity index (χ0) is 12.8. The van der Waals surface area contributed by atoms with Gasteiger partial charge in [-0.2, -0.15) is 0 Å². The van der Waals surface area contributed by atoms with Gasteiger partial charge >= 0.3 is 0 Å². The molecule has 2 heteroatoms. The highest BCUT2D eigenvalue weighted by atomic mass is 16.5. The number of hydrogen-bond acceptors (Lipinski definition) is 2. The Morgan fingerprint density at radius 3 is 2.67 bits per heavy atom. The lowest BCUT2D eigenvalue weighted by molar-refractivity contribution is -0.0886. The molecule has 2 nitrogen and oxygen atoms in total. The quantitative estimate of drug-likeness (QED) is 0.863. The van der Waals surface area contributed by atoms with E-state index in [-0.39, 0.29) is 5.60 Å². The first-order valence-electron chi connectivity index (χ1n) is 7.10. The molecule has 1 fully saturated rings. The summed E-state index contributed by atoms with van der Waals surface area (Å²) in [5.41, 5.74) is 1.43. The molecule has 0 spiro atoms. The number of benzene rings is 1. The summed E-state index contributed by atoms with van der Waals surface area (Å²) in [7, 11) is 2.05. The number of ether oxygens (including phenoxy) is 1. The Bertz CT molecular complexity index is 343. The number of nitrogens with one attached hydrogen (secondary N) is 1. The molecule has 1 aliphatic heterocycles. The Hall–Kier alpha value is -0.860. The van der Waals surface area contributed by atoms with Crippen molar-refractivity contribution >= 4 is 0 Å². The van der Waals surface area contributed by atoms with Crippen molar-refractivity contribution in [2.75, 3.05) is 13.7 Å². The van der Waals surface area contributed by atoms with Gasteiger partial charge in [-0.1, -0.05) is 30.3 Å². The molecule has 0 amide bonds. The monoisotopic (exact) mass is 247 g/mol. The van der Waals surface area contributed by atoms with Crippen LogP contribution in [0.3, 0.4) is 0 Å². The average molecular weight is 247 g/mol. The second-order valence-corrected chi connectivity index (χ2v) is 5.48. The van der Waals surface area contributed by atoms with Crippen molar-refractivity contribution in [3.8, 4) is 0 Å².